The summed E-state index contributed by atoms with van der Waals surface area (Å²) in [6, 6.07) is 5.45. The van der Waals surface area contributed by atoms with Crippen molar-refractivity contribution in [3.63, 3.8) is 0 Å². The SMILES string of the molecule is CCN(C(=O)c1cn2ccccc2n1)C(C)(C)C(=O)O. The zero-order chi connectivity index (χ0) is 14.9. The van der Waals surface area contributed by atoms with Crippen molar-refractivity contribution in [2.75, 3.05) is 6.54 Å². The number of fused-ring (bicyclic) bond motifs is 1. The first-order chi connectivity index (χ1) is 9.37. The topological polar surface area (TPSA) is 74.9 Å². The van der Waals surface area contributed by atoms with Crippen molar-refractivity contribution in [2.45, 2.75) is 26.3 Å². The maximum Gasteiger partial charge on any atom is 0.329 e. The fraction of sp³-hybridized carbons (Fsp3) is 0.357. The molecule has 0 atom stereocenters. The van der Waals surface area contributed by atoms with Crippen LogP contribution in [0.1, 0.15) is 31.3 Å². The van der Waals surface area contributed by atoms with Crippen molar-refractivity contribution in [2.24, 2.45) is 0 Å². The van der Waals surface area contributed by atoms with Gasteiger partial charge in [-0.15, -0.1) is 0 Å². The summed E-state index contributed by atoms with van der Waals surface area (Å²) >= 11 is 0. The Kier molecular flexibility index (Phi) is 3.48. The molecule has 0 saturated carbocycles. The lowest BCUT2D eigenvalue weighted by molar-refractivity contribution is -0.147. The third-order valence-corrected chi connectivity index (χ3v) is 3.34. The Morgan fingerprint density at radius 2 is 2.10 bits per heavy atom. The van der Waals surface area contributed by atoms with E-state index in [1.165, 1.54) is 18.7 Å². The van der Waals surface area contributed by atoms with E-state index < -0.39 is 11.5 Å². The molecule has 20 heavy (non-hydrogen) atoms. The molecule has 106 valence electrons. The molecule has 2 aromatic rings. The highest BCUT2D eigenvalue weighted by atomic mass is 16.4. The molecular formula is C14H17N3O3. The number of aliphatic carboxylic acids is 1. The zero-order valence-corrected chi connectivity index (χ0v) is 11.7. The lowest BCUT2D eigenvalue weighted by Gasteiger charge is -2.33. The summed E-state index contributed by atoms with van der Waals surface area (Å²) in [5.74, 6) is -1.43. The third-order valence-electron chi connectivity index (χ3n) is 3.34. The zero-order valence-electron chi connectivity index (χ0n) is 11.7. The highest BCUT2D eigenvalue weighted by Gasteiger charge is 2.37. The van der Waals surface area contributed by atoms with E-state index in [2.05, 4.69) is 4.98 Å². The standard InChI is InChI=1S/C14H17N3O3/c1-4-17(14(2,3)13(19)20)12(18)10-9-16-8-6-5-7-11(16)15-10/h5-9H,4H2,1-3H3,(H,19,20). The second-order valence-corrected chi connectivity index (χ2v) is 5.01. The van der Waals surface area contributed by atoms with E-state index in [0.29, 0.717) is 12.2 Å². The van der Waals surface area contributed by atoms with E-state index in [1.54, 1.807) is 29.8 Å². The van der Waals surface area contributed by atoms with Gasteiger partial charge in [-0.2, -0.15) is 0 Å². The molecule has 0 aliphatic heterocycles. The summed E-state index contributed by atoms with van der Waals surface area (Å²) in [5, 5.41) is 9.26. The largest absolute Gasteiger partial charge is 0.480 e. The third kappa shape index (κ3) is 2.24. The lowest BCUT2D eigenvalue weighted by Crippen LogP contribution is -2.53. The number of pyridine rings is 1. The Morgan fingerprint density at radius 1 is 1.40 bits per heavy atom. The van der Waals surface area contributed by atoms with Crippen molar-refractivity contribution in [3.8, 4) is 0 Å². The van der Waals surface area contributed by atoms with E-state index in [4.69, 9.17) is 0 Å². The minimum Gasteiger partial charge on any atom is -0.480 e. The normalized spacial score (nSPS) is 11.6. The van der Waals surface area contributed by atoms with Gasteiger partial charge in [0.15, 0.2) is 0 Å². The number of hydrogen-bond acceptors (Lipinski definition) is 3. The van der Waals surface area contributed by atoms with Gasteiger partial charge in [-0.3, -0.25) is 4.79 Å². The molecule has 0 fully saturated rings. The van der Waals surface area contributed by atoms with Gasteiger partial charge in [-0.05, 0) is 32.9 Å². The molecule has 1 N–H and O–H groups in total. The molecular weight excluding hydrogens is 258 g/mol. The predicted octanol–water partition coefficient (Wildman–Crippen LogP) is 1.66. The number of aromatic nitrogens is 2. The van der Waals surface area contributed by atoms with Crippen molar-refractivity contribution in [1.29, 1.82) is 0 Å². The van der Waals surface area contributed by atoms with Gasteiger partial charge in [-0.25, -0.2) is 9.78 Å². The molecule has 0 aliphatic carbocycles. The van der Waals surface area contributed by atoms with Crippen LogP contribution in [-0.4, -0.2) is 43.4 Å². The molecule has 2 heterocycles. The van der Waals surface area contributed by atoms with Crippen LogP contribution in [0.3, 0.4) is 0 Å². The molecule has 1 amide bonds. The number of hydrogen-bond donors (Lipinski definition) is 1. The number of rotatable bonds is 4. The quantitative estimate of drug-likeness (QED) is 0.920. The molecule has 6 heteroatoms. The van der Waals surface area contributed by atoms with Crippen LogP contribution in [-0.2, 0) is 4.79 Å². The number of carbonyl (C=O) groups excluding carboxylic acids is 1. The number of nitrogens with zero attached hydrogens (tertiary/aromatic N) is 3. The van der Waals surface area contributed by atoms with Crippen LogP contribution in [0.25, 0.3) is 5.65 Å². The Labute approximate surface area is 116 Å². The first kappa shape index (κ1) is 14.0. The summed E-state index contributed by atoms with van der Waals surface area (Å²) in [6.07, 6.45) is 3.40. The fourth-order valence-corrected chi connectivity index (χ4v) is 2.08. The second-order valence-electron chi connectivity index (χ2n) is 5.01. The molecule has 6 nitrogen and oxygen atoms in total. The molecule has 2 aromatic heterocycles. The maximum absolute atomic E-state index is 12.5. The molecule has 2 rings (SSSR count). The smallest absolute Gasteiger partial charge is 0.329 e. The molecule has 0 unspecified atom stereocenters. The molecule has 0 aromatic carbocycles. The van der Waals surface area contributed by atoms with Crippen LogP contribution >= 0.6 is 0 Å². The number of carboxylic acids is 1. The van der Waals surface area contributed by atoms with Crippen LogP contribution in [0.5, 0.6) is 0 Å². The molecule has 0 bridgehead atoms. The minimum absolute atomic E-state index is 0.243. The van der Waals surface area contributed by atoms with E-state index in [1.807, 2.05) is 12.1 Å². The summed E-state index contributed by atoms with van der Waals surface area (Å²) in [6.45, 7) is 5.06. The number of carbonyl (C=O) groups is 2. The monoisotopic (exact) mass is 275 g/mol. The number of likely N-dealkylation sites (N-methyl/N-ethyl adjacent to an activating group) is 1. The van der Waals surface area contributed by atoms with Gasteiger partial charge < -0.3 is 14.4 Å². The second kappa shape index (κ2) is 4.96. The van der Waals surface area contributed by atoms with E-state index in [-0.39, 0.29) is 11.6 Å². The van der Waals surface area contributed by atoms with Crippen LogP contribution in [0.15, 0.2) is 30.6 Å². The van der Waals surface area contributed by atoms with Gasteiger partial charge in [0.25, 0.3) is 5.91 Å². The first-order valence-corrected chi connectivity index (χ1v) is 6.37. The fourth-order valence-electron chi connectivity index (χ4n) is 2.08. The highest BCUT2D eigenvalue weighted by molar-refractivity contribution is 5.96. The summed E-state index contributed by atoms with van der Waals surface area (Å²) in [7, 11) is 0. The Bertz CT molecular complexity index is 627. The van der Waals surface area contributed by atoms with Gasteiger partial charge in [-0.1, -0.05) is 6.07 Å². The van der Waals surface area contributed by atoms with Gasteiger partial charge in [0, 0.05) is 18.9 Å². The van der Waals surface area contributed by atoms with Crippen molar-refractivity contribution >= 4 is 17.5 Å². The van der Waals surface area contributed by atoms with E-state index in [0.717, 1.165) is 0 Å². The Morgan fingerprint density at radius 3 is 2.65 bits per heavy atom. The molecule has 0 saturated heterocycles. The average molecular weight is 275 g/mol. The molecule has 0 spiro atoms. The number of carboxylic acid groups (broad SMARTS) is 1. The van der Waals surface area contributed by atoms with Crippen LogP contribution in [0.4, 0.5) is 0 Å². The summed E-state index contributed by atoms with van der Waals surface area (Å²) < 4.78 is 1.73. The van der Waals surface area contributed by atoms with Crippen molar-refractivity contribution in [3.05, 3.63) is 36.3 Å². The van der Waals surface area contributed by atoms with E-state index >= 15 is 0 Å². The number of amides is 1. The van der Waals surface area contributed by atoms with E-state index in [9.17, 15) is 14.7 Å². The molecule has 0 aliphatic rings. The van der Waals surface area contributed by atoms with Crippen LogP contribution in [0, 0.1) is 0 Å². The van der Waals surface area contributed by atoms with Crippen molar-refractivity contribution < 1.29 is 14.7 Å². The average Bonchev–Trinajstić information content (AvgIpc) is 2.82. The molecule has 0 radical (unpaired) electrons. The number of imidazole rings is 1. The minimum atomic E-state index is -1.28. The van der Waals surface area contributed by atoms with Gasteiger partial charge in [0.1, 0.15) is 16.9 Å². The van der Waals surface area contributed by atoms with Gasteiger partial charge in [0.05, 0.1) is 0 Å². The highest BCUT2D eigenvalue weighted by Crippen LogP contribution is 2.18. The predicted molar refractivity (Wildman–Crippen MR) is 73.6 cm³/mol. The van der Waals surface area contributed by atoms with Crippen LogP contribution < -0.4 is 0 Å². The van der Waals surface area contributed by atoms with Gasteiger partial charge >= 0.3 is 5.97 Å². The lowest BCUT2D eigenvalue weighted by atomic mass is 10.0. The van der Waals surface area contributed by atoms with Gasteiger partial charge in [0.2, 0.25) is 0 Å². The summed E-state index contributed by atoms with van der Waals surface area (Å²) in [5.41, 5.74) is -0.380. The van der Waals surface area contributed by atoms with Crippen LogP contribution in [0.2, 0.25) is 0 Å². The first-order valence-electron chi connectivity index (χ1n) is 6.37. The maximum atomic E-state index is 12.5. The Balaban J connectivity index is 2.40. The van der Waals surface area contributed by atoms with Crippen molar-refractivity contribution in [1.82, 2.24) is 14.3 Å². The summed E-state index contributed by atoms with van der Waals surface area (Å²) in [4.78, 5) is 29.3. The Hall–Kier alpha value is -2.37.